The number of nitrogens with zero attached hydrogens (tertiary/aromatic N) is 2. The third kappa shape index (κ3) is 6.92. The molecule has 0 radical (unpaired) electrons. The van der Waals surface area contributed by atoms with E-state index in [0.29, 0.717) is 6.04 Å². The van der Waals surface area contributed by atoms with Gasteiger partial charge in [0.2, 0.25) is 0 Å². The van der Waals surface area contributed by atoms with Gasteiger partial charge >= 0.3 is 0 Å². The van der Waals surface area contributed by atoms with Gasteiger partial charge in [0.15, 0.2) is 0 Å². The van der Waals surface area contributed by atoms with Gasteiger partial charge in [-0.15, -0.1) is 37.2 Å². The molecule has 0 aromatic carbocycles. The number of aromatic nitrogens is 1. The van der Waals surface area contributed by atoms with Crippen LogP contribution in [0.5, 0.6) is 5.75 Å². The van der Waals surface area contributed by atoms with Crippen LogP contribution in [0.1, 0.15) is 26.7 Å². The highest BCUT2D eigenvalue weighted by Crippen LogP contribution is 2.19. The fraction of sp³-hybridized carbons (Fsp3) is 0.643. The molecule has 0 spiro atoms. The summed E-state index contributed by atoms with van der Waals surface area (Å²) in [6.07, 6.45) is 6.16. The van der Waals surface area contributed by atoms with E-state index in [0.717, 1.165) is 37.7 Å². The van der Waals surface area contributed by atoms with Crippen molar-refractivity contribution < 1.29 is 4.74 Å². The molecule has 1 aliphatic heterocycles. The van der Waals surface area contributed by atoms with E-state index >= 15 is 0 Å². The molecule has 0 saturated carbocycles. The summed E-state index contributed by atoms with van der Waals surface area (Å²) in [6.45, 7) is 8.14. The number of ether oxygens (including phenoxy) is 1. The van der Waals surface area contributed by atoms with Crippen molar-refractivity contribution in [3.63, 3.8) is 0 Å². The number of nitrogens with one attached hydrogen (secondary N) is 1. The van der Waals surface area contributed by atoms with Crippen LogP contribution in [0.25, 0.3) is 0 Å². The Hall–Kier alpha value is -0.420. The maximum atomic E-state index is 5.82. The van der Waals surface area contributed by atoms with E-state index in [2.05, 4.69) is 35.1 Å². The van der Waals surface area contributed by atoms with Crippen LogP contribution in [0.4, 0.5) is 5.69 Å². The molecule has 0 unspecified atom stereocenters. The van der Waals surface area contributed by atoms with Gasteiger partial charge in [0, 0.05) is 25.2 Å². The van der Waals surface area contributed by atoms with Crippen molar-refractivity contribution in [1.82, 2.24) is 10.3 Å². The molecule has 0 amide bonds. The van der Waals surface area contributed by atoms with Gasteiger partial charge in [-0.3, -0.25) is 4.98 Å². The summed E-state index contributed by atoms with van der Waals surface area (Å²) in [5.74, 6) is 0.869. The van der Waals surface area contributed by atoms with Crippen LogP contribution in [0.3, 0.4) is 0 Å². The fourth-order valence-electron chi connectivity index (χ4n) is 2.34. The molecule has 1 N–H and O–H groups in total. The van der Waals surface area contributed by atoms with Crippen molar-refractivity contribution in [3.05, 3.63) is 18.5 Å². The molecular weight excluding hydrogens is 333 g/mol. The Bertz CT molecular complexity index is 372. The van der Waals surface area contributed by atoms with Crippen LogP contribution in [-0.2, 0) is 0 Å². The Labute approximate surface area is 146 Å². The topological polar surface area (TPSA) is 37.4 Å². The molecule has 1 fully saturated rings. The maximum Gasteiger partial charge on any atom is 0.139 e. The average Bonchev–Trinajstić information content (AvgIpc) is 2.92. The minimum Gasteiger partial charge on any atom is -0.490 e. The maximum absolute atomic E-state index is 5.82. The zero-order chi connectivity index (χ0) is 12.8. The van der Waals surface area contributed by atoms with Gasteiger partial charge in [0.05, 0.1) is 18.1 Å². The minimum absolute atomic E-state index is 0. The highest BCUT2D eigenvalue weighted by atomic mass is 35.5. The molecular formula is C14H26Cl3N3O. The lowest BCUT2D eigenvalue weighted by molar-refractivity contribution is 0.276. The Balaban J connectivity index is 0. The zero-order valence-corrected chi connectivity index (χ0v) is 15.0. The summed E-state index contributed by atoms with van der Waals surface area (Å²) in [6, 6.07) is 2.58. The smallest absolute Gasteiger partial charge is 0.139 e. The van der Waals surface area contributed by atoms with Crippen LogP contribution in [-0.4, -0.2) is 37.3 Å². The second-order valence-electron chi connectivity index (χ2n) is 4.66. The molecule has 1 aromatic rings. The Morgan fingerprint density at radius 2 is 1.95 bits per heavy atom. The molecule has 2 heterocycles. The van der Waals surface area contributed by atoms with Crippen molar-refractivity contribution in [2.75, 3.05) is 31.1 Å². The molecule has 21 heavy (non-hydrogen) atoms. The Morgan fingerprint density at radius 1 is 1.24 bits per heavy atom. The second kappa shape index (κ2) is 12.2. The monoisotopic (exact) mass is 357 g/mol. The molecule has 0 bridgehead atoms. The summed E-state index contributed by atoms with van der Waals surface area (Å²) >= 11 is 0. The standard InChI is InChI=1S/C14H23N3O.3ClH/c1-3-17(4-2)13-8-14(10-15-9-13)18-11-12-6-5-7-16-12;;;/h8-10,12,16H,3-7,11H2,1-2H3;3*1H/t12-;;;/m0.../s1. The third-order valence-corrected chi connectivity index (χ3v) is 3.44. The SMILES string of the molecule is CCN(CC)c1cncc(OC[C@@H]2CCCN2)c1.Cl.Cl.Cl. The summed E-state index contributed by atoms with van der Waals surface area (Å²) in [7, 11) is 0. The molecule has 1 atom stereocenters. The van der Waals surface area contributed by atoms with Crippen LogP contribution in [0, 0.1) is 0 Å². The van der Waals surface area contributed by atoms with Crippen LogP contribution < -0.4 is 15.0 Å². The lowest BCUT2D eigenvalue weighted by Gasteiger charge is -2.21. The van der Waals surface area contributed by atoms with E-state index in [4.69, 9.17) is 4.74 Å². The van der Waals surface area contributed by atoms with Crippen molar-refractivity contribution >= 4 is 42.9 Å². The lowest BCUT2D eigenvalue weighted by Crippen LogP contribution is -2.28. The predicted molar refractivity (Wildman–Crippen MR) is 96.1 cm³/mol. The summed E-state index contributed by atoms with van der Waals surface area (Å²) in [4.78, 5) is 6.53. The molecule has 4 nitrogen and oxygen atoms in total. The predicted octanol–water partition coefficient (Wildman–Crippen LogP) is 3.32. The summed E-state index contributed by atoms with van der Waals surface area (Å²) in [5.41, 5.74) is 1.14. The van der Waals surface area contributed by atoms with E-state index < -0.39 is 0 Å². The first kappa shape index (κ1) is 22.9. The molecule has 0 aliphatic carbocycles. The van der Waals surface area contributed by atoms with Crippen molar-refractivity contribution in [1.29, 1.82) is 0 Å². The molecule has 124 valence electrons. The quantitative estimate of drug-likeness (QED) is 0.846. The first-order chi connectivity index (χ1) is 8.83. The Kier molecular flexibility index (Phi) is 13.2. The first-order valence-corrected chi connectivity index (χ1v) is 6.89. The fourth-order valence-corrected chi connectivity index (χ4v) is 2.34. The highest BCUT2D eigenvalue weighted by molar-refractivity contribution is 5.86. The summed E-state index contributed by atoms with van der Waals surface area (Å²) < 4.78 is 5.82. The normalized spacial score (nSPS) is 16.2. The minimum atomic E-state index is 0. The van der Waals surface area contributed by atoms with Gasteiger partial charge in [-0.1, -0.05) is 0 Å². The van der Waals surface area contributed by atoms with Gasteiger partial charge < -0.3 is 15.0 Å². The largest absolute Gasteiger partial charge is 0.490 e. The first-order valence-electron chi connectivity index (χ1n) is 6.89. The molecule has 1 saturated heterocycles. The summed E-state index contributed by atoms with van der Waals surface area (Å²) in [5, 5.41) is 3.43. The van der Waals surface area contributed by atoms with Gasteiger partial charge in [0.25, 0.3) is 0 Å². The van der Waals surface area contributed by atoms with E-state index in [9.17, 15) is 0 Å². The van der Waals surface area contributed by atoms with E-state index in [1.54, 1.807) is 6.20 Å². The number of hydrogen-bond donors (Lipinski definition) is 1. The van der Waals surface area contributed by atoms with Gasteiger partial charge in [-0.05, 0) is 33.2 Å². The highest BCUT2D eigenvalue weighted by Gasteiger charge is 2.14. The zero-order valence-electron chi connectivity index (χ0n) is 12.6. The van der Waals surface area contributed by atoms with E-state index in [1.165, 1.54) is 12.8 Å². The number of rotatable bonds is 6. The van der Waals surface area contributed by atoms with E-state index in [1.807, 2.05) is 6.20 Å². The van der Waals surface area contributed by atoms with Gasteiger partial charge in [-0.25, -0.2) is 0 Å². The van der Waals surface area contributed by atoms with E-state index in [-0.39, 0.29) is 37.2 Å². The number of hydrogen-bond acceptors (Lipinski definition) is 4. The molecule has 2 rings (SSSR count). The van der Waals surface area contributed by atoms with Crippen LogP contribution >= 0.6 is 37.2 Å². The van der Waals surface area contributed by atoms with Gasteiger partial charge in [-0.2, -0.15) is 0 Å². The molecule has 1 aliphatic rings. The second-order valence-corrected chi connectivity index (χ2v) is 4.66. The number of halogens is 3. The molecule has 7 heteroatoms. The van der Waals surface area contributed by atoms with Crippen molar-refractivity contribution in [2.24, 2.45) is 0 Å². The number of anilines is 1. The average molecular weight is 359 g/mol. The van der Waals surface area contributed by atoms with Gasteiger partial charge in [0.1, 0.15) is 12.4 Å². The lowest BCUT2D eigenvalue weighted by atomic mass is 10.2. The van der Waals surface area contributed by atoms with Crippen LogP contribution in [0.2, 0.25) is 0 Å². The van der Waals surface area contributed by atoms with Crippen LogP contribution in [0.15, 0.2) is 18.5 Å². The third-order valence-electron chi connectivity index (χ3n) is 3.44. The molecule has 1 aromatic heterocycles. The van der Waals surface area contributed by atoms with Crippen molar-refractivity contribution in [2.45, 2.75) is 32.7 Å². The Morgan fingerprint density at radius 3 is 2.52 bits per heavy atom. The number of pyridine rings is 1. The van der Waals surface area contributed by atoms with Crippen molar-refractivity contribution in [3.8, 4) is 5.75 Å².